The minimum Gasteiger partial charge on any atom is -0.328 e. The van der Waals surface area contributed by atoms with Gasteiger partial charge in [-0.1, -0.05) is 39.0 Å². The topological polar surface area (TPSA) is 63.4 Å². The summed E-state index contributed by atoms with van der Waals surface area (Å²) < 4.78 is 27.3. The summed E-state index contributed by atoms with van der Waals surface area (Å²) in [5, 5.41) is 0. The molecule has 1 heterocycles. The maximum absolute atomic E-state index is 12.8. The largest absolute Gasteiger partial charge is 0.328 e. The van der Waals surface area contributed by atoms with E-state index in [1.807, 2.05) is 32.9 Å². The standard InChI is InChI=1S/C15H24N2O2S/c1-15(2,3)13-6-4-5-7-14(13)20(18,19)17-10-8-12(16)9-11-17/h4-7,12H,8-11,16H2,1-3H3. The van der Waals surface area contributed by atoms with Gasteiger partial charge in [0.15, 0.2) is 0 Å². The summed E-state index contributed by atoms with van der Waals surface area (Å²) in [4.78, 5) is 0.433. The van der Waals surface area contributed by atoms with Gasteiger partial charge in [0, 0.05) is 19.1 Å². The highest BCUT2D eigenvalue weighted by atomic mass is 32.2. The van der Waals surface area contributed by atoms with Gasteiger partial charge < -0.3 is 5.73 Å². The number of hydrogen-bond acceptors (Lipinski definition) is 3. The van der Waals surface area contributed by atoms with Gasteiger partial charge in [0.05, 0.1) is 4.90 Å². The SMILES string of the molecule is CC(C)(C)c1ccccc1S(=O)(=O)N1CCC(N)CC1. The van der Waals surface area contributed by atoms with Crippen LogP contribution < -0.4 is 5.73 Å². The molecule has 1 saturated heterocycles. The molecule has 0 radical (unpaired) electrons. The Labute approximate surface area is 122 Å². The molecule has 1 aliphatic heterocycles. The Morgan fingerprint density at radius 2 is 1.70 bits per heavy atom. The maximum Gasteiger partial charge on any atom is 0.243 e. The molecular formula is C15H24N2O2S. The summed E-state index contributed by atoms with van der Waals surface area (Å²) >= 11 is 0. The molecular weight excluding hydrogens is 272 g/mol. The monoisotopic (exact) mass is 296 g/mol. The molecule has 0 atom stereocenters. The van der Waals surface area contributed by atoms with Crippen LogP contribution in [0.4, 0.5) is 0 Å². The van der Waals surface area contributed by atoms with Crippen LogP contribution in [0.5, 0.6) is 0 Å². The molecule has 20 heavy (non-hydrogen) atoms. The Morgan fingerprint density at radius 1 is 1.15 bits per heavy atom. The number of piperidine rings is 1. The van der Waals surface area contributed by atoms with Gasteiger partial charge in [0.1, 0.15) is 0 Å². The van der Waals surface area contributed by atoms with Crippen molar-refractivity contribution in [3.8, 4) is 0 Å². The summed E-state index contributed by atoms with van der Waals surface area (Å²) in [7, 11) is -3.42. The zero-order valence-electron chi connectivity index (χ0n) is 12.5. The summed E-state index contributed by atoms with van der Waals surface area (Å²) in [5.74, 6) is 0. The predicted molar refractivity (Wildman–Crippen MR) is 81.1 cm³/mol. The molecule has 0 spiro atoms. The van der Waals surface area contributed by atoms with Crippen LogP contribution in [0.2, 0.25) is 0 Å². The molecule has 0 saturated carbocycles. The third kappa shape index (κ3) is 3.05. The van der Waals surface area contributed by atoms with Crippen molar-refractivity contribution in [1.29, 1.82) is 0 Å². The number of sulfonamides is 1. The van der Waals surface area contributed by atoms with Gasteiger partial charge in [-0.25, -0.2) is 8.42 Å². The third-order valence-electron chi connectivity index (χ3n) is 3.81. The Morgan fingerprint density at radius 3 is 2.25 bits per heavy atom. The van der Waals surface area contributed by atoms with Crippen LogP contribution in [0, 0.1) is 0 Å². The second-order valence-corrected chi connectivity index (χ2v) is 8.39. The van der Waals surface area contributed by atoms with Gasteiger partial charge in [0.2, 0.25) is 10.0 Å². The number of rotatable bonds is 2. The Balaban J connectivity index is 2.40. The molecule has 1 fully saturated rings. The van der Waals surface area contributed by atoms with Crippen LogP contribution >= 0.6 is 0 Å². The van der Waals surface area contributed by atoms with Gasteiger partial charge >= 0.3 is 0 Å². The van der Waals surface area contributed by atoms with Crippen molar-refractivity contribution < 1.29 is 8.42 Å². The molecule has 1 aromatic rings. The van der Waals surface area contributed by atoms with Crippen molar-refractivity contribution in [3.63, 3.8) is 0 Å². The average Bonchev–Trinajstić information content (AvgIpc) is 2.38. The van der Waals surface area contributed by atoms with Crippen molar-refractivity contribution in [2.24, 2.45) is 5.73 Å². The Kier molecular flexibility index (Phi) is 4.23. The molecule has 0 aromatic heterocycles. The van der Waals surface area contributed by atoms with Gasteiger partial charge in [0.25, 0.3) is 0 Å². The number of benzene rings is 1. The van der Waals surface area contributed by atoms with E-state index in [1.54, 1.807) is 16.4 Å². The van der Waals surface area contributed by atoms with E-state index in [4.69, 9.17) is 5.73 Å². The smallest absolute Gasteiger partial charge is 0.243 e. The first kappa shape index (κ1) is 15.5. The molecule has 2 rings (SSSR count). The van der Waals surface area contributed by atoms with Crippen molar-refractivity contribution in [2.75, 3.05) is 13.1 Å². The lowest BCUT2D eigenvalue weighted by molar-refractivity contribution is 0.319. The quantitative estimate of drug-likeness (QED) is 0.909. The molecule has 4 nitrogen and oxygen atoms in total. The van der Waals surface area contributed by atoms with E-state index in [9.17, 15) is 8.42 Å². The van der Waals surface area contributed by atoms with E-state index in [1.165, 1.54) is 0 Å². The van der Waals surface area contributed by atoms with Gasteiger partial charge in [-0.05, 0) is 29.9 Å². The van der Waals surface area contributed by atoms with Crippen LogP contribution in [-0.2, 0) is 15.4 Å². The normalized spacial score (nSPS) is 19.2. The molecule has 1 aromatic carbocycles. The van der Waals surface area contributed by atoms with E-state index < -0.39 is 10.0 Å². The first-order valence-electron chi connectivity index (χ1n) is 7.08. The van der Waals surface area contributed by atoms with Crippen LogP contribution in [0.25, 0.3) is 0 Å². The summed E-state index contributed by atoms with van der Waals surface area (Å²) in [6.45, 7) is 7.14. The zero-order chi connectivity index (χ0) is 15.0. The minimum atomic E-state index is -3.42. The molecule has 0 amide bonds. The third-order valence-corrected chi connectivity index (χ3v) is 5.77. The highest BCUT2D eigenvalue weighted by Gasteiger charge is 2.32. The molecule has 5 heteroatoms. The summed E-state index contributed by atoms with van der Waals surface area (Å²) in [5.41, 5.74) is 6.53. The maximum atomic E-state index is 12.8. The first-order valence-corrected chi connectivity index (χ1v) is 8.52. The number of hydrogen-bond donors (Lipinski definition) is 1. The van der Waals surface area contributed by atoms with Crippen LogP contribution in [0.15, 0.2) is 29.2 Å². The second-order valence-electron chi connectivity index (χ2n) is 6.49. The summed E-state index contributed by atoms with van der Waals surface area (Å²) in [6.07, 6.45) is 1.47. The Bertz CT molecular complexity index is 568. The fourth-order valence-electron chi connectivity index (χ4n) is 2.57. The van der Waals surface area contributed by atoms with Crippen LogP contribution in [-0.4, -0.2) is 31.9 Å². The Hall–Kier alpha value is -0.910. The molecule has 2 N–H and O–H groups in total. The highest BCUT2D eigenvalue weighted by Crippen LogP contribution is 2.31. The zero-order valence-corrected chi connectivity index (χ0v) is 13.3. The number of nitrogens with two attached hydrogens (primary N) is 1. The molecule has 1 aliphatic rings. The van der Waals surface area contributed by atoms with E-state index >= 15 is 0 Å². The van der Waals surface area contributed by atoms with Crippen molar-refractivity contribution in [1.82, 2.24) is 4.31 Å². The van der Waals surface area contributed by atoms with Crippen LogP contribution in [0.3, 0.4) is 0 Å². The van der Waals surface area contributed by atoms with Gasteiger partial charge in [-0.15, -0.1) is 0 Å². The highest BCUT2D eigenvalue weighted by molar-refractivity contribution is 7.89. The molecule has 0 aliphatic carbocycles. The van der Waals surface area contributed by atoms with Crippen LogP contribution in [0.1, 0.15) is 39.2 Å². The molecule has 0 unspecified atom stereocenters. The van der Waals surface area contributed by atoms with Crippen molar-refractivity contribution in [3.05, 3.63) is 29.8 Å². The van der Waals surface area contributed by atoms with Gasteiger partial charge in [-0.3, -0.25) is 0 Å². The lowest BCUT2D eigenvalue weighted by atomic mass is 9.87. The fraction of sp³-hybridized carbons (Fsp3) is 0.600. The van der Waals surface area contributed by atoms with Gasteiger partial charge in [-0.2, -0.15) is 4.31 Å². The van der Waals surface area contributed by atoms with E-state index in [0.29, 0.717) is 18.0 Å². The van der Waals surface area contributed by atoms with E-state index in [0.717, 1.165) is 18.4 Å². The molecule has 0 bridgehead atoms. The molecule has 112 valence electrons. The van der Waals surface area contributed by atoms with Crippen molar-refractivity contribution in [2.45, 2.75) is 50.0 Å². The fourth-order valence-corrected chi connectivity index (χ4v) is 4.44. The first-order chi connectivity index (χ1) is 9.23. The second kappa shape index (κ2) is 5.47. The number of nitrogens with zero attached hydrogens (tertiary/aromatic N) is 1. The lowest BCUT2D eigenvalue weighted by Gasteiger charge is -2.31. The minimum absolute atomic E-state index is 0.124. The predicted octanol–water partition coefficient (Wildman–Crippen LogP) is 2.10. The van der Waals surface area contributed by atoms with E-state index in [-0.39, 0.29) is 11.5 Å². The van der Waals surface area contributed by atoms with Crippen molar-refractivity contribution >= 4 is 10.0 Å². The van der Waals surface area contributed by atoms with E-state index in [2.05, 4.69) is 0 Å². The average molecular weight is 296 g/mol. The summed E-state index contributed by atoms with van der Waals surface area (Å²) in [6, 6.07) is 7.43. The lowest BCUT2D eigenvalue weighted by Crippen LogP contribution is -2.43.